The van der Waals surface area contributed by atoms with Crippen molar-refractivity contribution in [3.05, 3.63) is 182 Å². The lowest BCUT2D eigenvalue weighted by Gasteiger charge is -2.11. The van der Waals surface area contributed by atoms with Crippen LogP contribution < -0.4 is 4.43 Å². The first-order valence-corrected chi connectivity index (χ1v) is 19.9. The van der Waals surface area contributed by atoms with Gasteiger partial charge in [0.25, 0.3) is 5.69 Å². The fraction of sp³-hybridized carbons (Fsp3) is 0.188. The number of hydrogen-bond acceptors (Lipinski definition) is 4. The lowest BCUT2D eigenvalue weighted by atomic mass is 9.98. The second-order valence-electron chi connectivity index (χ2n) is 14.2. The van der Waals surface area contributed by atoms with Crippen molar-refractivity contribution in [3.63, 3.8) is 0 Å². The fourth-order valence-corrected chi connectivity index (χ4v) is 6.96. The molecule has 2 heterocycles. The second kappa shape index (κ2) is 21.2. The Morgan fingerprint density at radius 1 is 0.603 bits per heavy atom. The molecule has 0 saturated heterocycles. The van der Waals surface area contributed by atoms with E-state index < -0.39 is 5.97 Å². The van der Waals surface area contributed by atoms with Crippen molar-refractivity contribution in [2.24, 2.45) is 0 Å². The molecule has 5 aromatic carbocycles. The Morgan fingerprint density at radius 3 is 1.34 bits per heavy atom. The van der Waals surface area contributed by atoms with Crippen molar-refractivity contribution in [2.45, 2.75) is 55.4 Å². The number of aromatic carboxylic acids is 1. The molecule has 7 aromatic rings. The third-order valence-electron chi connectivity index (χ3n) is 8.66. The molecule has 0 spiro atoms. The Labute approximate surface area is 356 Å². The minimum Gasteiger partial charge on any atom is -0.478 e. The molecule has 0 atom stereocenters. The summed E-state index contributed by atoms with van der Waals surface area (Å²) >= 11 is 15.1. The van der Waals surface area contributed by atoms with Gasteiger partial charge >= 0.3 is 5.97 Å². The highest BCUT2D eigenvalue weighted by Gasteiger charge is 2.21. The number of halogens is 3. The zero-order valence-corrected chi connectivity index (χ0v) is 36.3. The number of alkyl halides is 2. The topological polar surface area (TPSA) is 102 Å². The van der Waals surface area contributed by atoms with Crippen molar-refractivity contribution >= 4 is 40.8 Å². The molecule has 0 saturated carbocycles. The molecule has 58 heavy (non-hydrogen) atoms. The van der Waals surface area contributed by atoms with Crippen LogP contribution in [0.3, 0.4) is 0 Å². The molecule has 7 rings (SSSR count). The number of aromatic nitrogens is 4. The van der Waals surface area contributed by atoms with Crippen LogP contribution in [0, 0.1) is 60.3 Å². The van der Waals surface area contributed by atoms with Gasteiger partial charge in [-0.25, -0.2) is 4.79 Å². The summed E-state index contributed by atoms with van der Waals surface area (Å²) in [4.78, 5) is 35.3. The summed E-state index contributed by atoms with van der Waals surface area (Å²) in [6, 6.07) is 31.7. The van der Waals surface area contributed by atoms with Gasteiger partial charge in [-0.3, -0.25) is 9.97 Å². The predicted molar refractivity (Wildman–Crippen MR) is 241 cm³/mol. The number of nitrogens with zero attached hydrogens (tertiary/aromatic N) is 3. The Hall–Kier alpha value is -5.60. The SMILES string of the molecule is Cc1cc(C)cc(-c2[nH]cc[n+](=O)c2-c2cc(C)cc(C)c2)c1.Cc1cc(C)cc(-c2nccnc2-c2cc(C)cc(C)c2)c1.ClCCl.O=C(O)c1cccc(Cl)c1. The van der Waals surface area contributed by atoms with Crippen LogP contribution in [0.25, 0.3) is 45.0 Å². The van der Waals surface area contributed by atoms with Crippen LogP contribution in [-0.4, -0.2) is 31.4 Å². The molecule has 0 aliphatic rings. The molecule has 0 radical (unpaired) electrons. The lowest BCUT2D eigenvalue weighted by Crippen LogP contribution is -2.19. The molecule has 0 unspecified atom stereocenters. The van der Waals surface area contributed by atoms with Gasteiger partial charge in [0.1, 0.15) is 5.69 Å². The molecule has 298 valence electrons. The van der Waals surface area contributed by atoms with E-state index in [1.165, 1.54) is 51.7 Å². The maximum Gasteiger partial charge on any atom is 0.335 e. The highest BCUT2D eigenvalue weighted by molar-refractivity contribution is 6.40. The van der Waals surface area contributed by atoms with E-state index in [4.69, 9.17) is 39.9 Å². The van der Waals surface area contributed by atoms with Crippen LogP contribution in [0.2, 0.25) is 5.02 Å². The first-order valence-electron chi connectivity index (χ1n) is 18.5. The number of aromatic amines is 1. The number of hydrogen-bond donors (Lipinski definition) is 2. The van der Waals surface area contributed by atoms with Gasteiger partial charge in [-0.2, -0.15) is 0 Å². The van der Waals surface area contributed by atoms with Crippen molar-refractivity contribution in [3.8, 4) is 45.0 Å². The largest absolute Gasteiger partial charge is 0.478 e. The number of carboxylic acid groups (broad SMARTS) is 1. The minimum atomic E-state index is -0.956. The Morgan fingerprint density at radius 2 is 0.983 bits per heavy atom. The van der Waals surface area contributed by atoms with E-state index in [1.807, 2.05) is 0 Å². The van der Waals surface area contributed by atoms with E-state index in [1.54, 1.807) is 30.7 Å². The van der Waals surface area contributed by atoms with Gasteiger partial charge in [0.2, 0.25) is 6.20 Å². The van der Waals surface area contributed by atoms with Gasteiger partial charge in [-0.1, -0.05) is 86.4 Å². The van der Waals surface area contributed by atoms with Crippen molar-refractivity contribution in [1.29, 1.82) is 0 Å². The summed E-state index contributed by atoms with van der Waals surface area (Å²) < 4.78 is 0.942. The van der Waals surface area contributed by atoms with E-state index in [0.717, 1.165) is 54.9 Å². The molecule has 7 nitrogen and oxygen atoms in total. The Kier molecular flexibility index (Phi) is 16.5. The number of rotatable bonds is 5. The number of H-pyrrole nitrogens is 1. The zero-order chi connectivity index (χ0) is 42.5. The van der Waals surface area contributed by atoms with E-state index in [2.05, 4.69) is 143 Å². The zero-order valence-electron chi connectivity index (χ0n) is 34.0. The average Bonchev–Trinajstić information content (AvgIpc) is 3.14. The maximum absolute atomic E-state index is 12.5. The van der Waals surface area contributed by atoms with Crippen molar-refractivity contribution in [2.75, 3.05) is 5.34 Å². The van der Waals surface area contributed by atoms with Crippen LogP contribution in [0.15, 0.2) is 122 Å². The summed E-state index contributed by atoms with van der Waals surface area (Å²) in [5, 5.41) is 9.09. The van der Waals surface area contributed by atoms with Gasteiger partial charge in [0, 0.05) is 39.0 Å². The highest BCUT2D eigenvalue weighted by Crippen LogP contribution is 2.31. The first-order chi connectivity index (χ1) is 27.6. The summed E-state index contributed by atoms with van der Waals surface area (Å²) in [7, 11) is 0. The molecule has 0 fully saturated rings. The Balaban J connectivity index is 0.000000198. The van der Waals surface area contributed by atoms with Crippen LogP contribution in [0.1, 0.15) is 54.9 Å². The summed E-state index contributed by atoms with van der Waals surface area (Å²) in [5.74, 6) is -0.956. The van der Waals surface area contributed by atoms with Gasteiger partial charge < -0.3 is 10.1 Å². The first kappa shape index (κ1) is 45.1. The number of aryl methyl sites for hydroxylation is 8. The summed E-state index contributed by atoms with van der Waals surface area (Å²) in [6.45, 7) is 16.7. The van der Waals surface area contributed by atoms with Gasteiger partial charge in [0.15, 0.2) is 0 Å². The van der Waals surface area contributed by atoms with Crippen LogP contribution >= 0.6 is 34.8 Å². The fourth-order valence-electron chi connectivity index (χ4n) is 6.77. The molecule has 0 aliphatic carbocycles. The maximum atomic E-state index is 12.5. The average molecular weight is 835 g/mol. The minimum absolute atomic E-state index is 0.194. The molecular weight excluding hydrogens is 787 g/mol. The van der Waals surface area contributed by atoms with Crippen LogP contribution in [0.4, 0.5) is 0 Å². The molecule has 2 aromatic heterocycles. The summed E-state index contributed by atoms with van der Waals surface area (Å²) in [6.07, 6.45) is 6.73. The van der Waals surface area contributed by atoms with Crippen LogP contribution in [0.5, 0.6) is 0 Å². The van der Waals surface area contributed by atoms with Gasteiger partial charge in [0.05, 0.1) is 38.5 Å². The van der Waals surface area contributed by atoms with E-state index >= 15 is 0 Å². The summed E-state index contributed by atoms with van der Waals surface area (Å²) in [5.41, 5.74) is 17.4. The van der Waals surface area contributed by atoms with Gasteiger partial charge in [-0.05, 0) is 122 Å². The number of carbonyl (C=O) groups is 1. The third-order valence-corrected chi connectivity index (χ3v) is 8.90. The number of benzene rings is 5. The molecule has 0 bridgehead atoms. The smallest absolute Gasteiger partial charge is 0.335 e. The van der Waals surface area contributed by atoms with E-state index in [9.17, 15) is 9.70 Å². The standard InChI is InChI=1S/C20H21N2O.C20H20N2.C7H5ClO2.CH2Cl2/c1-13-7-14(2)10-17(9-13)19-20(22(23)6-5-21-19)18-11-15(3)8-16(4)12-18;1-13-7-14(2)10-17(9-13)19-20(22-6-5-21-19)18-11-15(3)8-16(4)12-18;8-6-3-1-2-5(4-6)7(9)10;2-1-3/h5-12H,1-4H3,(H,21,23);5-12H,1-4H3;1-4H,(H,9,10);1H2/q+1;;;. The highest BCUT2D eigenvalue weighted by atomic mass is 35.5. The van der Waals surface area contributed by atoms with Crippen LogP contribution in [-0.2, 0) is 0 Å². The number of nitrogens with one attached hydrogen (secondary N) is 1. The van der Waals surface area contributed by atoms with Crippen molar-refractivity contribution in [1.82, 2.24) is 15.0 Å². The Bertz CT molecular complexity index is 2440. The van der Waals surface area contributed by atoms with Gasteiger partial charge in [-0.15, -0.1) is 23.2 Å². The monoisotopic (exact) mass is 833 g/mol. The lowest BCUT2D eigenvalue weighted by molar-refractivity contribution is -0.482. The van der Waals surface area contributed by atoms with E-state index in [0.29, 0.717) is 10.7 Å². The number of carboxylic acids is 1. The predicted octanol–water partition coefficient (Wildman–Crippen LogP) is 13.0. The van der Waals surface area contributed by atoms with Crippen molar-refractivity contribution < 1.29 is 14.3 Å². The quantitative estimate of drug-likeness (QED) is 0.133. The van der Waals surface area contributed by atoms with E-state index in [-0.39, 0.29) is 10.9 Å². The molecular formula is C48H48Cl3N4O3+. The third kappa shape index (κ3) is 13.0. The second-order valence-corrected chi connectivity index (χ2v) is 15.4. The molecule has 0 amide bonds. The molecule has 0 aliphatic heterocycles. The normalized spacial score (nSPS) is 10.3. The molecule has 2 N–H and O–H groups in total. The molecule has 10 heteroatoms.